The molecule has 0 spiro atoms. The van der Waals surface area contributed by atoms with Crippen LogP contribution < -0.4 is 10.2 Å². The lowest BCUT2D eigenvalue weighted by Crippen LogP contribution is -2.41. The third-order valence-electron chi connectivity index (χ3n) is 4.05. The third-order valence-corrected chi connectivity index (χ3v) is 4.05. The van der Waals surface area contributed by atoms with Crippen LogP contribution in [0.2, 0.25) is 0 Å². The van der Waals surface area contributed by atoms with Gasteiger partial charge in [-0.3, -0.25) is 4.98 Å². The first kappa shape index (κ1) is 11.0. The average Bonchev–Trinajstić information content (AvgIpc) is 2.79. The molecule has 3 heterocycles. The molecule has 0 bridgehead atoms. The van der Waals surface area contributed by atoms with Gasteiger partial charge in [-0.2, -0.15) is 0 Å². The predicted octanol–water partition coefficient (Wildman–Crippen LogP) is 1.14. The summed E-state index contributed by atoms with van der Waals surface area (Å²) in [4.78, 5) is 11.5. The van der Waals surface area contributed by atoms with E-state index < -0.39 is 0 Å². The lowest BCUT2D eigenvalue weighted by Gasteiger charge is -2.35. The fraction of sp³-hybridized carbons (Fsp3) is 0.692. The molecule has 1 aromatic heterocycles. The molecule has 2 atom stereocenters. The van der Waals surface area contributed by atoms with Crippen LogP contribution in [0, 0.1) is 25.7 Å². The summed E-state index contributed by atoms with van der Waals surface area (Å²) in [6.07, 6.45) is 3.13. The molecule has 3 rings (SSSR count). The van der Waals surface area contributed by atoms with Gasteiger partial charge in [-0.05, 0) is 45.2 Å². The summed E-state index contributed by atoms with van der Waals surface area (Å²) in [6.45, 7) is 8.70. The molecule has 0 aliphatic carbocycles. The predicted molar refractivity (Wildman–Crippen MR) is 68.2 cm³/mol. The van der Waals surface area contributed by atoms with Gasteiger partial charge in [-0.25, -0.2) is 4.98 Å². The first-order chi connectivity index (χ1) is 8.24. The molecule has 2 unspecified atom stereocenters. The van der Waals surface area contributed by atoms with Gasteiger partial charge >= 0.3 is 0 Å². The van der Waals surface area contributed by atoms with Gasteiger partial charge in [0.1, 0.15) is 5.82 Å². The first-order valence-corrected chi connectivity index (χ1v) is 6.50. The molecule has 1 N–H and O–H groups in total. The molecule has 4 nitrogen and oxygen atoms in total. The number of nitrogens with zero attached hydrogens (tertiary/aromatic N) is 3. The largest absolute Gasteiger partial charge is 0.355 e. The second-order valence-electron chi connectivity index (χ2n) is 5.33. The Bertz CT molecular complexity index is 418. The molecule has 0 amide bonds. The minimum atomic E-state index is 0.797. The summed E-state index contributed by atoms with van der Waals surface area (Å²) in [5.74, 6) is 2.77. The molecule has 2 saturated heterocycles. The van der Waals surface area contributed by atoms with Gasteiger partial charge in [0.15, 0.2) is 0 Å². The molecule has 92 valence electrons. The van der Waals surface area contributed by atoms with Crippen molar-refractivity contribution >= 4 is 5.82 Å². The normalized spacial score (nSPS) is 28.2. The van der Waals surface area contributed by atoms with Crippen molar-refractivity contribution in [2.75, 3.05) is 31.1 Å². The Labute approximate surface area is 102 Å². The van der Waals surface area contributed by atoms with Crippen molar-refractivity contribution in [2.24, 2.45) is 11.8 Å². The second kappa shape index (κ2) is 4.26. The number of anilines is 1. The standard InChI is InChI=1S/C13H20N4/c1-9-5-15-10(2)13(16-9)17-4-3-11-6-14-7-12(11)8-17/h5,11-12,14H,3-4,6-8H2,1-2H3. The zero-order chi connectivity index (χ0) is 11.8. The lowest BCUT2D eigenvalue weighted by molar-refractivity contribution is 0.347. The van der Waals surface area contributed by atoms with Crippen LogP contribution in [0.3, 0.4) is 0 Å². The first-order valence-electron chi connectivity index (χ1n) is 6.50. The maximum Gasteiger partial charge on any atom is 0.150 e. The van der Waals surface area contributed by atoms with Gasteiger partial charge in [0, 0.05) is 19.3 Å². The SMILES string of the molecule is Cc1cnc(C)c(N2CCC3CNCC3C2)n1. The van der Waals surface area contributed by atoms with Crippen LogP contribution in [0.15, 0.2) is 6.20 Å². The Morgan fingerprint density at radius 1 is 1.29 bits per heavy atom. The third kappa shape index (κ3) is 2.02. The highest BCUT2D eigenvalue weighted by Gasteiger charge is 2.33. The highest BCUT2D eigenvalue weighted by molar-refractivity contribution is 5.44. The van der Waals surface area contributed by atoms with Gasteiger partial charge in [0.05, 0.1) is 11.4 Å². The molecule has 0 radical (unpaired) electrons. The molecule has 0 aromatic carbocycles. The molecule has 2 fully saturated rings. The Balaban J connectivity index is 1.82. The molecule has 2 aliphatic rings. The van der Waals surface area contributed by atoms with Crippen LogP contribution in [0.1, 0.15) is 17.8 Å². The van der Waals surface area contributed by atoms with Crippen LogP contribution in [0.25, 0.3) is 0 Å². The van der Waals surface area contributed by atoms with Crippen LogP contribution in [0.5, 0.6) is 0 Å². The van der Waals surface area contributed by atoms with Crippen LogP contribution in [0.4, 0.5) is 5.82 Å². The van der Waals surface area contributed by atoms with E-state index in [-0.39, 0.29) is 0 Å². The zero-order valence-electron chi connectivity index (χ0n) is 10.6. The Kier molecular flexibility index (Phi) is 2.74. The van der Waals surface area contributed by atoms with Crippen molar-refractivity contribution in [1.29, 1.82) is 0 Å². The highest BCUT2D eigenvalue weighted by atomic mass is 15.2. The monoisotopic (exact) mass is 232 g/mol. The summed E-state index contributed by atoms with van der Waals surface area (Å²) in [6, 6.07) is 0. The molecular formula is C13H20N4. The Hall–Kier alpha value is -1.16. The average molecular weight is 232 g/mol. The lowest BCUT2D eigenvalue weighted by atomic mass is 9.88. The van der Waals surface area contributed by atoms with E-state index in [1.54, 1.807) is 0 Å². The van der Waals surface area contributed by atoms with Crippen LogP contribution in [-0.4, -0.2) is 36.1 Å². The van der Waals surface area contributed by atoms with Crippen molar-refractivity contribution in [2.45, 2.75) is 20.3 Å². The smallest absolute Gasteiger partial charge is 0.150 e. The fourth-order valence-corrected chi connectivity index (χ4v) is 3.05. The quantitative estimate of drug-likeness (QED) is 0.788. The number of hydrogen-bond donors (Lipinski definition) is 1. The van der Waals surface area contributed by atoms with E-state index in [9.17, 15) is 0 Å². The van der Waals surface area contributed by atoms with E-state index in [1.165, 1.54) is 19.5 Å². The Morgan fingerprint density at radius 3 is 3.00 bits per heavy atom. The van der Waals surface area contributed by atoms with Crippen molar-refractivity contribution in [1.82, 2.24) is 15.3 Å². The topological polar surface area (TPSA) is 41.1 Å². The molecule has 2 aliphatic heterocycles. The van der Waals surface area contributed by atoms with E-state index in [0.29, 0.717) is 0 Å². The van der Waals surface area contributed by atoms with Gasteiger partial charge < -0.3 is 10.2 Å². The van der Waals surface area contributed by atoms with Gasteiger partial charge in [-0.1, -0.05) is 0 Å². The number of aromatic nitrogens is 2. The van der Waals surface area contributed by atoms with Gasteiger partial charge in [0.25, 0.3) is 0 Å². The molecule has 17 heavy (non-hydrogen) atoms. The van der Waals surface area contributed by atoms with Gasteiger partial charge in [-0.15, -0.1) is 0 Å². The van der Waals surface area contributed by atoms with E-state index in [2.05, 4.69) is 27.1 Å². The molecular weight excluding hydrogens is 212 g/mol. The second-order valence-corrected chi connectivity index (χ2v) is 5.33. The maximum absolute atomic E-state index is 4.65. The summed E-state index contributed by atoms with van der Waals surface area (Å²) in [5.41, 5.74) is 2.07. The minimum Gasteiger partial charge on any atom is -0.355 e. The number of hydrogen-bond acceptors (Lipinski definition) is 4. The molecule has 1 aromatic rings. The van der Waals surface area contributed by atoms with E-state index in [1.807, 2.05) is 13.1 Å². The summed E-state index contributed by atoms with van der Waals surface area (Å²) in [7, 11) is 0. The number of rotatable bonds is 1. The Morgan fingerprint density at radius 2 is 2.12 bits per heavy atom. The van der Waals surface area contributed by atoms with Crippen molar-refractivity contribution < 1.29 is 0 Å². The highest BCUT2D eigenvalue weighted by Crippen LogP contribution is 2.29. The summed E-state index contributed by atoms with van der Waals surface area (Å²) in [5, 5.41) is 3.50. The zero-order valence-corrected chi connectivity index (χ0v) is 10.6. The van der Waals surface area contributed by atoms with Crippen molar-refractivity contribution in [3.63, 3.8) is 0 Å². The van der Waals surface area contributed by atoms with E-state index in [0.717, 1.165) is 42.1 Å². The van der Waals surface area contributed by atoms with Crippen molar-refractivity contribution in [3.05, 3.63) is 17.6 Å². The number of piperidine rings is 1. The fourth-order valence-electron chi connectivity index (χ4n) is 3.05. The molecule has 0 saturated carbocycles. The minimum absolute atomic E-state index is 0.797. The van der Waals surface area contributed by atoms with Gasteiger partial charge in [0.2, 0.25) is 0 Å². The number of fused-ring (bicyclic) bond motifs is 1. The van der Waals surface area contributed by atoms with E-state index >= 15 is 0 Å². The van der Waals surface area contributed by atoms with Crippen LogP contribution >= 0.6 is 0 Å². The van der Waals surface area contributed by atoms with E-state index in [4.69, 9.17) is 0 Å². The number of nitrogens with one attached hydrogen (secondary N) is 1. The maximum atomic E-state index is 4.65. The van der Waals surface area contributed by atoms with Crippen LogP contribution in [-0.2, 0) is 0 Å². The summed E-state index contributed by atoms with van der Waals surface area (Å²) >= 11 is 0. The summed E-state index contributed by atoms with van der Waals surface area (Å²) < 4.78 is 0. The number of aryl methyl sites for hydroxylation is 2. The molecule has 4 heteroatoms. The van der Waals surface area contributed by atoms with Crippen molar-refractivity contribution in [3.8, 4) is 0 Å².